The molecule has 2 aromatic rings. The van der Waals surface area contributed by atoms with Crippen LogP contribution in [0.15, 0.2) is 48.5 Å². The van der Waals surface area contributed by atoms with Crippen molar-refractivity contribution in [3.8, 4) is 5.75 Å². The molecule has 3 rings (SSSR count). The number of urea groups is 1. The van der Waals surface area contributed by atoms with Crippen molar-refractivity contribution in [2.45, 2.75) is 25.4 Å². The number of nitrogens with one attached hydrogen (secondary N) is 1. The van der Waals surface area contributed by atoms with Crippen molar-refractivity contribution in [1.82, 2.24) is 10.2 Å². The van der Waals surface area contributed by atoms with Crippen molar-refractivity contribution in [1.29, 1.82) is 0 Å². The summed E-state index contributed by atoms with van der Waals surface area (Å²) in [6, 6.07) is 12.4. The number of rotatable bonds is 5. The van der Waals surface area contributed by atoms with E-state index in [1.165, 1.54) is 17.0 Å². The highest BCUT2D eigenvalue weighted by Crippen LogP contribution is 2.34. The minimum Gasteiger partial charge on any atom is -0.497 e. The summed E-state index contributed by atoms with van der Waals surface area (Å²) in [7, 11) is 1.57. The Bertz CT molecular complexity index is 789. The van der Waals surface area contributed by atoms with E-state index in [0.29, 0.717) is 23.3 Å². The Hall–Kier alpha value is -2.89. The molecular formula is C19H19FN2O3. The van der Waals surface area contributed by atoms with E-state index >= 15 is 0 Å². The van der Waals surface area contributed by atoms with E-state index in [9.17, 15) is 14.0 Å². The van der Waals surface area contributed by atoms with Crippen LogP contribution in [0.5, 0.6) is 5.75 Å². The molecule has 2 aromatic carbocycles. The van der Waals surface area contributed by atoms with Gasteiger partial charge in [0.15, 0.2) is 0 Å². The standard InChI is InChI=1S/C19H19FN2O3/c1-3-19(14-6-10-16(25-2)11-7-14)17(23)22(18(24)21-19)12-13-4-8-15(20)9-5-13/h4-11H,3,12H2,1-2H3,(H,21,24). The molecule has 6 heteroatoms. The predicted octanol–water partition coefficient (Wildman–Crippen LogP) is 3.19. The zero-order chi connectivity index (χ0) is 18.0. The maximum Gasteiger partial charge on any atom is 0.325 e. The maximum atomic E-state index is 13.0. The Morgan fingerprint density at radius 2 is 1.72 bits per heavy atom. The number of hydrogen-bond donors (Lipinski definition) is 1. The molecule has 25 heavy (non-hydrogen) atoms. The first-order valence-electron chi connectivity index (χ1n) is 8.03. The molecule has 1 atom stereocenters. The van der Waals surface area contributed by atoms with Gasteiger partial charge >= 0.3 is 6.03 Å². The molecule has 0 saturated carbocycles. The van der Waals surface area contributed by atoms with Gasteiger partial charge in [-0.15, -0.1) is 0 Å². The van der Waals surface area contributed by atoms with Gasteiger partial charge < -0.3 is 10.1 Å². The van der Waals surface area contributed by atoms with Crippen LogP contribution in [0.25, 0.3) is 0 Å². The molecule has 130 valence electrons. The molecule has 1 N–H and O–H groups in total. The Labute approximate surface area is 145 Å². The van der Waals surface area contributed by atoms with Crippen LogP contribution in [0.1, 0.15) is 24.5 Å². The van der Waals surface area contributed by atoms with Gasteiger partial charge in [0.25, 0.3) is 5.91 Å². The Kier molecular flexibility index (Phi) is 4.44. The molecule has 0 radical (unpaired) electrons. The van der Waals surface area contributed by atoms with Crippen molar-refractivity contribution in [3.05, 3.63) is 65.5 Å². The summed E-state index contributed by atoms with van der Waals surface area (Å²) in [4.78, 5) is 26.6. The number of nitrogens with zero attached hydrogens (tertiary/aromatic N) is 1. The Balaban J connectivity index is 1.90. The SMILES string of the molecule is CCC1(c2ccc(OC)cc2)NC(=O)N(Cc2ccc(F)cc2)C1=O. The van der Waals surface area contributed by atoms with E-state index in [-0.39, 0.29) is 18.3 Å². The van der Waals surface area contributed by atoms with Crippen molar-refractivity contribution in [2.24, 2.45) is 0 Å². The summed E-state index contributed by atoms with van der Waals surface area (Å²) >= 11 is 0. The number of carbonyl (C=O) groups excluding carboxylic acids is 2. The third kappa shape index (κ3) is 2.95. The molecule has 0 aliphatic carbocycles. The number of imide groups is 1. The summed E-state index contributed by atoms with van der Waals surface area (Å²) in [5.74, 6) is 0.00604. The second-order valence-electron chi connectivity index (χ2n) is 5.94. The molecule has 1 unspecified atom stereocenters. The van der Waals surface area contributed by atoms with Crippen LogP contribution in [0.2, 0.25) is 0 Å². The number of benzene rings is 2. The molecule has 0 bridgehead atoms. The van der Waals surface area contributed by atoms with Gasteiger partial charge in [0, 0.05) is 0 Å². The minimum absolute atomic E-state index is 0.100. The van der Waals surface area contributed by atoms with E-state index in [1.54, 1.807) is 43.5 Å². The van der Waals surface area contributed by atoms with Gasteiger partial charge in [-0.1, -0.05) is 31.2 Å². The van der Waals surface area contributed by atoms with Crippen LogP contribution in [0.3, 0.4) is 0 Å². The average molecular weight is 342 g/mol. The van der Waals surface area contributed by atoms with Crippen LogP contribution < -0.4 is 10.1 Å². The van der Waals surface area contributed by atoms with Crippen LogP contribution in [-0.2, 0) is 16.9 Å². The lowest BCUT2D eigenvalue weighted by atomic mass is 9.87. The molecular weight excluding hydrogens is 323 g/mol. The quantitative estimate of drug-likeness (QED) is 0.849. The average Bonchev–Trinajstić information content (AvgIpc) is 2.88. The van der Waals surface area contributed by atoms with Gasteiger partial charge in [0.2, 0.25) is 0 Å². The fourth-order valence-corrected chi connectivity index (χ4v) is 3.06. The zero-order valence-electron chi connectivity index (χ0n) is 14.1. The highest BCUT2D eigenvalue weighted by atomic mass is 19.1. The number of ether oxygens (including phenoxy) is 1. The highest BCUT2D eigenvalue weighted by molar-refractivity contribution is 6.07. The molecule has 1 aliphatic rings. The van der Waals surface area contributed by atoms with Gasteiger partial charge in [0.05, 0.1) is 13.7 Å². The summed E-state index contributed by atoms with van der Waals surface area (Å²) in [6.07, 6.45) is 0.420. The van der Waals surface area contributed by atoms with E-state index in [0.717, 1.165) is 0 Å². The zero-order valence-corrected chi connectivity index (χ0v) is 14.1. The van der Waals surface area contributed by atoms with Gasteiger partial charge in [-0.05, 0) is 41.8 Å². The topological polar surface area (TPSA) is 58.6 Å². The molecule has 1 heterocycles. The van der Waals surface area contributed by atoms with Gasteiger partial charge in [0.1, 0.15) is 17.1 Å². The summed E-state index contributed by atoms with van der Waals surface area (Å²) < 4.78 is 18.2. The Morgan fingerprint density at radius 1 is 1.08 bits per heavy atom. The number of hydrogen-bond acceptors (Lipinski definition) is 3. The Morgan fingerprint density at radius 3 is 2.28 bits per heavy atom. The van der Waals surface area contributed by atoms with Gasteiger partial charge in [-0.25, -0.2) is 9.18 Å². The largest absolute Gasteiger partial charge is 0.497 e. The number of carbonyl (C=O) groups is 2. The monoisotopic (exact) mass is 342 g/mol. The molecule has 1 aliphatic heterocycles. The lowest BCUT2D eigenvalue weighted by Gasteiger charge is -2.26. The van der Waals surface area contributed by atoms with E-state index in [1.807, 2.05) is 6.92 Å². The molecule has 1 fully saturated rings. The third-order valence-corrected chi connectivity index (χ3v) is 4.54. The van der Waals surface area contributed by atoms with Crippen LogP contribution in [-0.4, -0.2) is 23.9 Å². The lowest BCUT2D eigenvalue weighted by Crippen LogP contribution is -2.43. The van der Waals surface area contributed by atoms with E-state index in [4.69, 9.17) is 4.74 Å². The summed E-state index contributed by atoms with van der Waals surface area (Å²) in [6.45, 7) is 1.95. The van der Waals surface area contributed by atoms with Crippen LogP contribution in [0.4, 0.5) is 9.18 Å². The highest BCUT2D eigenvalue weighted by Gasteiger charge is 2.51. The van der Waals surface area contributed by atoms with E-state index < -0.39 is 11.6 Å². The molecule has 1 saturated heterocycles. The van der Waals surface area contributed by atoms with Crippen LogP contribution >= 0.6 is 0 Å². The van der Waals surface area contributed by atoms with Crippen molar-refractivity contribution in [3.63, 3.8) is 0 Å². The molecule has 3 amide bonds. The fourth-order valence-electron chi connectivity index (χ4n) is 3.06. The smallest absolute Gasteiger partial charge is 0.325 e. The normalized spacial score (nSPS) is 19.9. The van der Waals surface area contributed by atoms with E-state index in [2.05, 4.69) is 5.32 Å². The molecule has 0 spiro atoms. The summed E-state index contributed by atoms with van der Waals surface area (Å²) in [5.41, 5.74) is 0.297. The molecule has 0 aromatic heterocycles. The van der Waals surface area contributed by atoms with Gasteiger partial charge in [-0.2, -0.15) is 0 Å². The minimum atomic E-state index is -1.09. The molecule has 5 nitrogen and oxygen atoms in total. The van der Waals surface area contributed by atoms with Crippen molar-refractivity contribution < 1.29 is 18.7 Å². The first-order chi connectivity index (χ1) is 12.0. The van der Waals surface area contributed by atoms with Crippen molar-refractivity contribution in [2.75, 3.05) is 7.11 Å². The number of amides is 3. The fraction of sp³-hybridized carbons (Fsp3) is 0.263. The second kappa shape index (κ2) is 6.55. The summed E-state index contributed by atoms with van der Waals surface area (Å²) in [5, 5.41) is 2.82. The first-order valence-corrected chi connectivity index (χ1v) is 8.03. The predicted molar refractivity (Wildman–Crippen MR) is 90.4 cm³/mol. The van der Waals surface area contributed by atoms with Crippen LogP contribution in [0, 0.1) is 5.82 Å². The number of halogens is 1. The first kappa shape index (κ1) is 17.0. The van der Waals surface area contributed by atoms with Crippen molar-refractivity contribution >= 4 is 11.9 Å². The number of methoxy groups -OCH3 is 1. The second-order valence-corrected chi connectivity index (χ2v) is 5.94. The van der Waals surface area contributed by atoms with Gasteiger partial charge in [-0.3, -0.25) is 9.69 Å². The lowest BCUT2D eigenvalue weighted by molar-refractivity contribution is -0.132. The third-order valence-electron chi connectivity index (χ3n) is 4.54. The maximum absolute atomic E-state index is 13.0.